The average Bonchev–Trinajstić information content (AvgIpc) is 0.742. The van der Waals surface area contributed by atoms with Crippen LogP contribution in [0.5, 0.6) is 46.0 Å². The molecule has 13 rings (SSSR count). The fourth-order valence-electron chi connectivity index (χ4n) is 16.4. The van der Waals surface area contributed by atoms with E-state index in [9.17, 15) is 0 Å². The molecular weight excluding hydrogens is 1190 g/mol. The molecule has 6 aromatic carbocycles. The Kier molecular flexibility index (Phi) is 20.5. The molecule has 0 spiro atoms. The highest BCUT2D eigenvalue weighted by Gasteiger charge is 2.41. The molecule has 0 amide bonds. The Morgan fingerprint density at radius 2 is 0.625 bits per heavy atom. The number of rotatable bonds is 26. The number of ether oxygens (including phenoxy) is 8. The van der Waals surface area contributed by atoms with Crippen molar-refractivity contribution >= 4 is 0 Å². The highest BCUT2D eigenvalue weighted by atomic mass is 16.7. The summed E-state index contributed by atoms with van der Waals surface area (Å²) in [6, 6.07) is 28.0. The van der Waals surface area contributed by atoms with Gasteiger partial charge in [-0.3, -0.25) is 0 Å². The summed E-state index contributed by atoms with van der Waals surface area (Å²) in [6.45, 7) is 28.6. The van der Waals surface area contributed by atoms with Crippen molar-refractivity contribution < 1.29 is 47.0 Å². The number of hydrogen-bond acceptors (Lipinski definition) is 8. The molecule has 2 atom stereocenters. The minimum Gasteiger partial charge on any atom is -0.457 e. The van der Waals surface area contributed by atoms with Crippen LogP contribution in [0.25, 0.3) is 11.4 Å². The molecule has 508 valence electrons. The molecule has 8 aromatic rings. The van der Waals surface area contributed by atoms with Crippen molar-refractivity contribution in [1.82, 2.24) is 9.13 Å². The first-order valence-electron chi connectivity index (χ1n) is 37.0. The highest BCUT2D eigenvalue weighted by molar-refractivity contribution is 5.68. The van der Waals surface area contributed by atoms with Crippen molar-refractivity contribution in [2.24, 2.45) is 0 Å². The van der Waals surface area contributed by atoms with Crippen molar-refractivity contribution in [3.05, 3.63) is 188 Å². The number of para-hydroxylation sites is 2. The van der Waals surface area contributed by atoms with Crippen molar-refractivity contribution in [2.45, 2.75) is 246 Å². The number of imidazole rings is 2. The summed E-state index contributed by atoms with van der Waals surface area (Å²) >= 11 is 0. The van der Waals surface area contributed by atoms with E-state index < -0.39 is 0 Å². The maximum absolute atomic E-state index is 7.49. The fraction of sp³-hybridized carbons (Fsp3) is 0.500. The lowest BCUT2D eigenvalue weighted by Crippen LogP contribution is -2.34. The van der Waals surface area contributed by atoms with Gasteiger partial charge >= 0.3 is 0 Å². The van der Waals surface area contributed by atoms with E-state index in [1.54, 1.807) is 0 Å². The Bertz CT molecular complexity index is 3760. The van der Waals surface area contributed by atoms with E-state index in [-0.39, 0.29) is 50.8 Å². The summed E-state index contributed by atoms with van der Waals surface area (Å²) < 4.78 is 66.7. The predicted molar refractivity (Wildman–Crippen MR) is 381 cm³/mol. The van der Waals surface area contributed by atoms with Crippen LogP contribution in [0.1, 0.15) is 311 Å². The summed E-state index contributed by atoms with van der Waals surface area (Å²) in [5.41, 5.74) is 19.1. The quantitative estimate of drug-likeness (QED) is 0.0391. The lowest BCUT2D eigenvalue weighted by atomic mass is 9.75. The summed E-state index contributed by atoms with van der Waals surface area (Å²) in [6.07, 6.45) is 29.9. The Labute approximate surface area is 572 Å². The van der Waals surface area contributed by atoms with Gasteiger partial charge in [-0.25, -0.2) is 18.3 Å². The molecule has 12 heteroatoms. The van der Waals surface area contributed by atoms with Crippen LogP contribution in [0.2, 0.25) is 0 Å². The van der Waals surface area contributed by atoms with Gasteiger partial charge in [-0.15, -0.1) is 0 Å². The van der Waals surface area contributed by atoms with E-state index in [4.69, 9.17) is 37.9 Å². The third kappa shape index (κ3) is 13.1. The average molecular weight is 1300 g/mol. The first kappa shape index (κ1) is 66.7. The number of aromatic nitrogens is 4. The van der Waals surface area contributed by atoms with E-state index in [1.165, 1.54) is 78.1 Å². The molecule has 8 bridgehead atoms. The lowest BCUT2D eigenvalue weighted by Gasteiger charge is -2.36. The first-order chi connectivity index (χ1) is 46.8. The van der Waals surface area contributed by atoms with Gasteiger partial charge in [0.1, 0.15) is 95.2 Å². The minimum absolute atomic E-state index is 0.00173. The number of unbranched alkanes of at least 4 members (excludes halogenated alkanes) is 8. The van der Waals surface area contributed by atoms with Crippen LogP contribution in [0.15, 0.2) is 110 Å². The molecule has 0 saturated heterocycles. The summed E-state index contributed by atoms with van der Waals surface area (Å²) in [5, 5.41) is 0. The van der Waals surface area contributed by atoms with Crippen molar-refractivity contribution in [1.29, 1.82) is 0 Å². The van der Waals surface area contributed by atoms with Gasteiger partial charge in [-0.1, -0.05) is 197 Å². The number of benzene rings is 6. The monoisotopic (exact) mass is 1300 g/mol. The molecular formula is C84H106N4O8+2. The SMILES string of the molecule is CCCCCC1c2cc3c4cc2OCOc2cc5c(cc21)C(CCCCC)c1cc2c(c(C[n+]6ccn(-c7c(C(C)C)cccc7C(C)C)c6)c1OCO5)OCOc1c(cc(c(c1C[n+]1ccn(-c5c(C(C)C)cccc5C(C)C)c1)OCO4)C3CCCCC)C2CCCCC. The van der Waals surface area contributed by atoms with Gasteiger partial charge in [0.15, 0.2) is 0 Å². The third-order valence-electron chi connectivity index (χ3n) is 21.4. The van der Waals surface area contributed by atoms with E-state index in [0.29, 0.717) is 36.8 Å². The molecule has 6 heterocycles. The van der Waals surface area contributed by atoms with Crippen LogP contribution >= 0.6 is 0 Å². The van der Waals surface area contributed by atoms with Crippen LogP contribution in [0, 0.1) is 0 Å². The van der Waals surface area contributed by atoms with Crippen LogP contribution in [0.3, 0.4) is 0 Å². The maximum Gasteiger partial charge on any atom is 0.249 e. The molecule has 0 N–H and O–H groups in total. The molecule has 2 unspecified atom stereocenters. The fourth-order valence-corrected chi connectivity index (χ4v) is 16.4. The molecule has 1 aliphatic carbocycles. The van der Waals surface area contributed by atoms with E-state index in [1.807, 2.05) is 0 Å². The summed E-state index contributed by atoms with van der Waals surface area (Å²) in [4.78, 5) is 0. The maximum atomic E-state index is 7.49. The Morgan fingerprint density at radius 1 is 0.354 bits per heavy atom. The van der Waals surface area contributed by atoms with Crippen LogP contribution in [0.4, 0.5) is 0 Å². The number of nitrogens with zero attached hydrogens (tertiary/aromatic N) is 4. The van der Waals surface area contributed by atoms with Crippen LogP contribution < -0.4 is 47.0 Å². The second-order valence-corrected chi connectivity index (χ2v) is 29.2. The van der Waals surface area contributed by atoms with E-state index in [0.717, 1.165) is 160 Å². The van der Waals surface area contributed by atoms with Crippen molar-refractivity contribution in [3.8, 4) is 57.4 Å². The topological polar surface area (TPSA) is 91.5 Å². The molecule has 0 saturated carbocycles. The van der Waals surface area contributed by atoms with Gasteiger partial charge in [0.25, 0.3) is 0 Å². The molecule has 5 aliphatic rings. The first-order valence-corrected chi connectivity index (χ1v) is 37.0. The molecule has 96 heavy (non-hydrogen) atoms. The van der Waals surface area contributed by atoms with Gasteiger partial charge in [0, 0.05) is 103 Å². The minimum atomic E-state index is -0.161. The lowest BCUT2D eigenvalue weighted by molar-refractivity contribution is -0.687. The van der Waals surface area contributed by atoms with Gasteiger partial charge in [0.05, 0.1) is 11.1 Å². The van der Waals surface area contributed by atoms with E-state index >= 15 is 0 Å². The van der Waals surface area contributed by atoms with Gasteiger partial charge in [0.2, 0.25) is 39.8 Å². The zero-order chi connectivity index (χ0) is 66.7. The third-order valence-corrected chi connectivity index (χ3v) is 21.4. The van der Waals surface area contributed by atoms with Gasteiger partial charge in [-0.05, 0) is 73.6 Å². The largest absolute Gasteiger partial charge is 0.457 e. The zero-order valence-corrected chi connectivity index (χ0v) is 59.6. The van der Waals surface area contributed by atoms with Crippen LogP contribution in [-0.2, 0) is 13.1 Å². The molecule has 2 aromatic heterocycles. The molecule has 0 fully saturated rings. The standard InChI is InChI=1S/C84H106N4O8/c1-13-17-21-27-61-65-39-67-62(28-22-18-14-2)69-41-71-64(30-24-20-16-4)72-42-70-63(29-23-19-15-3)68-40-66(61)76-44-78(68)92-51-94-82(70)74(46-86-36-38-88(48-86)80-59(55(9)10)33-26-34-60(80)56(11)12)84(72)96-52-95-83(71)73(81(69)93-50-91-77(67)43-75(65)89-49-90-76)45-85-35-37-87(47-85)79-57(53(5)6)31-25-32-58(79)54(7)8/h25-26,31-44,47-48,53-56,61-64H,13-24,27-30,45-46,49-52H2,1-12H3/q+2. The zero-order valence-electron chi connectivity index (χ0n) is 59.6. The second-order valence-electron chi connectivity index (χ2n) is 29.2. The Hall–Kier alpha value is -7.86. The van der Waals surface area contributed by atoms with Crippen LogP contribution in [-0.4, -0.2) is 36.3 Å². The molecule has 0 radical (unpaired) electrons. The second kappa shape index (κ2) is 29.5. The summed E-state index contributed by atoms with van der Waals surface area (Å²) in [7, 11) is 0. The highest BCUT2D eigenvalue weighted by Crippen LogP contribution is 2.57. The molecule has 12 nitrogen and oxygen atoms in total. The van der Waals surface area contributed by atoms with Gasteiger partial charge < -0.3 is 37.9 Å². The number of hydrogen-bond donors (Lipinski definition) is 0. The Balaban J connectivity index is 1.13. The van der Waals surface area contributed by atoms with Gasteiger partial charge in [-0.2, -0.15) is 0 Å². The van der Waals surface area contributed by atoms with Crippen molar-refractivity contribution in [3.63, 3.8) is 0 Å². The molecule has 4 aliphatic heterocycles. The van der Waals surface area contributed by atoms with Crippen molar-refractivity contribution in [2.75, 3.05) is 27.2 Å². The predicted octanol–water partition coefficient (Wildman–Crippen LogP) is 20.5. The normalized spacial score (nSPS) is 17.3. The Morgan fingerprint density at radius 3 is 0.927 bits per heavy atom. The smallest absolute Gasteiger partial charge is 0.249 e. The summed E-state index contributed by atoms with van der Waals surface area (Å²) in [5.74, 6) is 7.32. The van der Waals surface area contributed by atoms with E-state index in [2.05, 4.69) is 212 Å².